The van der Waals surface area contributed by atoms with Crippen LogP contribution in [0.5, 0.6) is 0 Å². The third kappa shape index (κ3) is 5.77. The molecule has 0 saturated carbocycles. The first-order valence-electron chi connectivity index (χ1n) is 8.52. The molecule has 1 fully saturated rings. The van der Waals surface area contributed by atoms with Crippen LogP contribution in [0.3, 0.4) is 0 Å². The van der Waals surface area contributed by atoms with Crippen LogP contribution in [0, 0.1) is 5.92 Å². The number of benzene rings is 1. The van der Waals surface area contributed by atoms with Crippen molar-refractivity contribution in [3.05, 3.63) is 35.9 Å². The molecule has 0 aliphatic carbocycles. The molecule has 3 N–H and O–H groups in total. The molecule has 7 nitrogen and oxygen atoms in total. The average molecular weight is 347 g/mol. The van der Waals surface area contributed by atoms with Crippen molar-refractivity contribution < 1.29 is 19.1 Å². The van der Waals surface area contributed by atoms with Crippen LogP contribution in [-0.4, -0.2) is 36.5 Å². The van der Waals surface area contributed by atoms with Crippen molar-refractivity contribution in [2.24, 2.45) is 5.92 Å². The van der Waals surface area contributed by atoms with Crippen molar-refractivity contribution in [2.75, 3.05) is 6.54 Å². The monoisotopic (exact) mass is 347 g/mol. The van der Waals surface area contributed by atoms with Gasteiger partial charge in [-0.1, -0.05) is 44.2 Å². The molecule has 0 spiro atoms. The fourth-order valence-corrected chi connectivity index (χ4v) is 2.59. The maximum atomic E-state index is 12.0. The molecule has 0 unspecified atom stereocenters. The normalized spacial score (nSPS) is 20.0. The highest BCUT2D eigenvalue weighted by molar-refractivity contribution is 5.97. The summed E-state index contributed by atoms with van der Waals surface area (Å²) >= 11 is 0. The van der Waals surface area contributed by atoms with Crippen LogP contribution in [0.1, 0.15) is 32.3 Å². The number of nitrogens with one attached hydrogen (secondary N) is 3. The van der Waals surface area contributed by atoms with E-state index in [2.05, 4.69) is 16.0 Å². The van der Waals surface area contributed by atoms with Gasteiger partial charge in [-0.2, -0.15) is 0 Å². The summed E-state index contributed by atoms with van der Waals surface area (Å²) in [6.07, 6.45) is 0.521. The minimum atomic E-state index is -0.551. The van der Waals surface area contributed by atoms with E-state index in [9.17, 15) is 14.4 Å². The summed E-state index contributed by atoms with van der Waals surface area (Å²) < 4.78 is 5.10. The number of carbonyl (C=O) groups excluding carboxylic acids is 3. The number of alkyl carbamates (subject to hydrolysis) is 1. The third-order valence-electron chi connectivity index (χ3n) is 4.03. The van der Waals surface area contributed by atoms with Gasteiger partial charge in [0.15, 0.2) is 0 Å². The molecule has 0 radical (unpaired) electrons. The van der Waals surface area contributed by atoms with Crippen molar-refractivity contribution in [1.82, 2.24) is 16.0 Å². The summed E-state index contributed by atoms with van der Waals surface area (Å²) in [7, 11) is 0. The number of carbonyl (C=O) groups is 3. The Hall–Kier alpha value is -2.57. The summed E-state index contributed by atoms with van der Waals surface area (Å²) in [4.78, 5) is 35.6. The molecule has 1 saturated heterocycles. The van der Waals surface area contributed by atoms with Crippen molar-refractivity contribution in [3.8, 4) is 0 Å². The van der Waals surface area contributed by atoms with Crippen LogP contribution in [0.2, 0.25) is 0 Å². The first-order valence-corrected chi connectivity index (χ1v) is 8.52. The van der Waals surface area contributed by atoms with Crippen LogP contribution >= 0.6 is 0 Å². The quantitative estimate of drug-likeness (QED) is 0.648. The van der Waals surface area contributed by atoms with Crippen LogP contribution in [0.15, 0.2) is 30.3 Å². The Morgan fingerprint density at radius 2 is 1.88 bits per heavy atom. The number of hydrogen-bond donors (Lipinski definition) is 3. The molecular formula is C18H25N3O4. The van der Waals surface area contributed by atoms with Crippen LogP contribution in [0.25, 0.3) is 0 Å². The summed E-state index contributed by atoms with van der Waals surface area (Å²) in [5.74, 6) is -0.286. The summed E-state index contributed by atoms with van der Waals surface area (Å²) in [5.41, 5.74) is 0.916. The minimum Gasteiger partial charge on any atom is -0.445 e. The second kappa shape index (κ2) is 9.05. The van der Waals surface area contributed by atoms with E-state index < -0.39 is 18.2 Å². The Labute approximate surface area is 147 Å². The Kier molecular flexibility index (Phi) is 6.80. The Balaban J connectivity index is 1.63. The van der Waals surface area contributed by atoms with Crippen molar-refractivity contribution in [2.45, 2.75) is 45.4 Å². The van der Waals surface area contributed by atoms with E-state index in [0.29, 0.717) is 19.4 Å². The molecule has 3 amide bonds. The second-order valence-electron chi connectivity index (χ2n) is 6.42. The van der Waals surface area contributed by atoms with Crippen LogP contribution in [-0.2, 0) is 20.9 Å². The lowest BCUT2D eigenvalue weighted by Gasteiger charge is -2.31. The van der Waals surface area contributed by atoms with Crippen LogP contribution in [0.4, 0.5) is 4.79 Å². The van der Waals surface area contributed by atoms with E-state index in [1.807, 2.05) is 44.2 Å². The fourth-order valence-electron chi connectivity index (χ4n) is 2.59. The maximum Gasteiger partial charge on any atom is 0.407 e. The van der Waals surface area contributed by atoms with Gasteiger partial charge in [-0.05, 0) is 24.3 Å². The lowest BCUT2D eigenvalue weighted by atomic mass is 9.98. The number of hydrogen-bond acceptors (Lipinski definition) is 4. The molecule has 0 aromatic heterocycles. The second-order valence-corrected chi connectivity index (χ2v) is 6.42. The predicted octanol–water partition coefficient (Wildman–Crippen LogP) is 1.33. The molecule has 2 rings (SSSR count). The third-order valence-corrected chi connectivity index (χ3v) is 4.03. The van der Waals surface area contributed by atoms with Gasteiger partial charge >= 0.3 is 6.09 Å². The average Bonchev–Trinajstić information content (AvgIpc) is 2.60. The Morgan fingerprint density at radius 1 is 1.16 bits per heavy atom. The topological polar surface area (TPSA) is 96.5 Å². The lowest BCUT2D eigenvalue weighted by Crippen LogP contribution is -2.63. The molecule has 1 heterocycles. The summed E-state index contributed by atoms with van der Waals surface area (Å²) in [6, 6.07) is 8.38. The Morgan fingerprint density at radius 3 is 2.56 bits per heavy atom. The van der Waals surface area contributed by atoms with Crippen LogP contribution < -0.4 is 16.0 Å². The van der Waals surface area contributed by atoms with E-state index in [4.69, 9.17) is 4.74 Å². The Bertz CT molecular complexity index is 604. The van der Waals surface area contributed by atoms with Gasteiger partial charge in [0.25, 0.3) is 0 Å². The fraction of sp³-hybridized carbons (Fsp3) is 0.500. The van der Waals surface area contributed by atoms with E-state index in [-0.39, 0.29) is 24.3 Å². The van der Waals surface area contributed by atoms with E-state index in [0.717, 1.165) is 5.56 Å². The molecule has 0 bridgehead atoms. The zero-order valence-corrected chi connectivity index (χ0v) is 14.6. The first-order chi connectivity index (χ1) is 12.0. The van der Waals surface area contributed by atoms with Gasteiger partial charge in [0, 0.05) is 6.54 Å². The molecule has 136 valence electrons. The highest BCUT2D eigenvalue weighted by atomic mass is 16.5. The van der Waals surface area contributed by atoms with E-state index in [1.165, 1.54) is 0 Å². The summed E-state index contributed by atoms with van der Waals surface area (Å²) in [5, 5.41) is 8.12. The van der Waals surface area contributed by atoms with Gasteiger partial charge in [0.1, 0.15) is 18.7 Å². The van der Waals surface area contributed by atoms with Crippen molar-refractivity contribution in [3.63, 3.8) is 0 Å². The molecule has 1 aromatic carbocycles. The van der Waals surface area contributed by atoms with Gasteiger partial charge in [-0.15, -0.1) is 0 Å². The van der Waals surface area contributed by atoms with Gasteiger partial charge in [0.05, 0.1) is 0 Å². The van der Waals surface area contributed by atoms with Gasteiger partial charge < -0.3 is 20.7 Å². The molecule has 1 aliphatic rings. The van der Waals surface area contributed by atoms with Gasteiger partial charge in [-0.3, -0.25) is 9.59 Å². The lowest BCUT2D eigenvalue weighted by molar-refractivity contribution is -0.138. The number of ether oxygens (including phenoxy) is 1. The maximum absolute atomic E-state index is 12.0. The minimum absolute atomic E-state index is 0.0472. The molecule has 1 aliphatic heterocycles. The largest absolute Gasteiger partial charge is 0.445 e. The molecule has 1 aromatic rings. The summed E-state index contributed by atoms with van der Waals surface area (Å²) in [6.45, 7) is 4.36. The zero-order chi connectivity index (χ0) is 18.2. The highest BCUT2D eigenvalue weighted by Gasteiger charge is 2.34. The standard InChI is InChI=1S/C18H25N3O4/c1-12(2)15-17(23)20-14(16(22)21-15)9-6-10-19-18(24)25-11-13-7-4-3-5-8-13/h3-5,7-8,12,14-15H,6,9-11H2,1-2H3,(H,19,24)(H,20,23)(H,21,22)/t14-,15+/m1/s1. The molecular weight excluding hydrogens is 322 g/mol. The van der Waals surface area contributed by atoms with Gasteiger partial charge in [0.2, 0.25) is 11.8 Å². The SMILES string of the molecule is CC(C)[C@@H]1NC(=O)[C@@H](CCCNC(=O)OCc2ccccc2)NC1=O. The number of rotatable bonds is 7. The highest BCUT2D eigenvalue weighted by Crippen LogP contribution is 2.09. The van der Waals surface area contributed by atoms with Crippen molar-refractivity contribution in [1.29, 1.82) is 0 Å². The predicted molar refractivity (Wildman–Crippen MR) is 92.6 cm³/mol. The molecule has 7 heteroatoms. The van der Waals surface area contributed by atoms with Gasteiger partial charge in [-0.25, -0.2) is 4.79 Å². The van der Waals surface area contributed by atoms with Crippen molar-refractivity contribution >= 4 is 17.9 Å². The molecule has 25 heavy (non-hydrogen) atoms. The van der Waals surface area contributed by atoms with E-state index >= 15 is 0 Å². The van der Waals surface area contributed by atoms with E-state index in [1.54, 1.807) is 0 Å². The zero-order valence-electron chi connectivity index (χ0n) is 14.6. The molecule has 2 atom stereocenters. The number of piperazine rings is 1. The number of amides is 3. The smallest absolute Gasteiger partial charge is 0.407 e. The first kappa shape index (κ1) is 18.8.